The molecule has 0 amide bonds. The molecule has 0 saturated heterocycles. The van der Waals surface area contributed by atoms with Gasteiger partial charge in [-0.1, -0.05) is 55.4 Å². The number of hydrogen-bond donors (Lipinski definition) is 2. The molecule has 0 aliphatic heterocycles. The highest BCUT2D eigenvalue weighted by atomic mass is 16.4. The third-order valence-corrected chi connectivity index (χ3v) is 4.83. The zero-order chi connectivity index (χ0) is 18.6. The Kier molecular flexibility index (Phi) is 7.79. The highest BCUT2D eigenvalue weighted by Gasteiger charge is 2.35. The summed E-state index contributed by atoms with van der Waals surface area (Å²) in [6, 6.07) is 0. The second kappa shape index (κ2) is 8.16. The molecule has 136 valence electrons. The van der Waals surface area contributed by atoms with Crippen LogP contribution in [-0.4, -0.2) is 22.2 Å². The lowest BCUT2D eigenvalue weighted by Gasteiger charge is -2.35. The fourth-order valence-corrected chi connectivity index (χ4v) is 3.61. The molecular weight excluding hydrogens is 292 g/mol. The first kappa shape index (κ1) is 21.9. The van der Waals surface area contributed by atoms with Crippen LogP contribution in [0.1, 0.15) is 74.7 Å². The molecule has 4 unspecified atom stereocenters. The van der Waals surface area contributed by atoms with Gasteiger partial charge in [-0.25, -0.2) is 0 Å². The van der Waals surface area contributed by atoms with Crippen LogP contribution in [0.25, 0.3) is 0 Å². The minimum Gasteiger partial charge on any atom is -0.481 e. The Morgan fingerprint density at radius 1 is 0.783 bits per heavy atom. The van der Waals surface area contributed by atoms with E-state index in [1.807, 2.05) is 13.8 Å². The van der Waals surface area contributed by atoms with Gasteiger partial charge in [-0.3, -0.25) is 9.59 Å². The number of carboxylic acids is 2. The number of aliphatic carboxylic acids is 2. The van der Waals surface area contributed by atoms with Gasteiger partial charge in [-0.15, -0.1) is 0 Å². The van der Waals surface area contributed by atoms with E-state index in [1.165, 1.54) is 0 Å². The van der Waals surface area contributed by atoms with Crippen molar-refractivity contribution in [2.75, 3.05) is 0 Å². The molecule has 4 atom stereocenters. The average Bonchev–Trinajstić information content (AvgIpc) is 2.31. The van der Waals surface area contributed by atoms with E-state index in [2.05, 4.69) is 34.6 Å². The highest BCUT2D eigenvalue weighted by Crippen LogP contribution is 2.39. The van der Waals surface area contributed by atoms with Crippen molar-refractivity contribution in [2.45, 2.75) is 74.7 Å². The lowest BCUT2D eigenvalue weighted by atomic mass is 9.69. The summed E-state index contributed by atoms with van der Waals surface area (Å²) < 4.78 is 0. The van der Waals surface area contributed by atoms with Gasteiger partial charge in [0.05, 0.1) is 11.8 Å². The van der Waals surface area contributed by atoms with Crippen LogP contribution in [0, 0.1) is 34.5 Å². The summed E-state index contributed by atoms with van der Waals surface area (Å²) in [7, 11) is 0. The molecule has 0 aliphatic carbocycles. The Balaban J connectivity index is 4.98. The van der Waals surface area contributed by atoms with Crippen molar-refractivity contribution in [1.82, 2.24) is 0 Å². The molecule has 0 rings (SSSR count). The van der Waals surface area contributed by atoms with E-state index < -0.39 is 23.8 Å². The Hall–Kier alpha value is -1.06. The molecular formula is C19H36O4. The van der Waals surface area contributed by atoms with Gasteiger partial charge in [0.2, 0.25) is 0 Å². The summed E-state index contributed by atoms with van der Waals surface area (Å²) >= 11 is 0. The van der Waals surface area contributed by atoms with Gasteiger partial charge in [0, 0.05) is 0 Å². The van der Waals surface area contributed by atoms with Crippen LogP contribution in [0.15, 0.2) is 0 Å². The quantitative estimate of drug-likeness (QED) is 0.630. The van der Waals surface area contributed by atoms with Crippen molar-refractivity contribution in [2.24, 2.45) is 34.5 Å². The van der Waals surface area contributed by atoms with Gasteiger partial charge in [0.25, 0.3) is 0 Å². The molecule has 0 aromatic carbocycles. The smallest absolute Gasteiger partial charge is 0.306 e. The number of carboxylic acid groups (broad SMARTS) is 2. The summed E-state index contributed by atoms with van der Waals surface area (Å²) in [5, 5.41) is 18.8. The standard InChI is InChI=1S/C19H36O4/c1-12(14(3)16(20)21)10-19(7,8)11-15(17(22)23)13(2)9-18(4,5)6/h12-15H,9-11H2,1-8H3,(H,20,21)(H,22,23). The lowest BCUT2D eigenvalue weighted by molar-refractivity contribution is -0.146. The van der Waals surface area contributed by atoms with Crippen molar-refractivity contribution in [3.8, 4) is 0 Å². The molecule has 0 aromatic heterocycles. The average molecular weight is 328 g/mol. The second-order valence-electron chi connectivity index (χ2n) is 9.36. The molecule has 0 radical (unpaired) electrons. The Labute approximate surface area is 141 Å². The zero-order valence-electron chi connectivity index (χ0n) is 16.1. The molecule has 0 saturated carbocycles. The summed E-state index contributed by atoms with van der Waals surface area (Å²) in [5.41, 5.74) is -0.0965. The fourth-order valence-electron chi connectivity index (χ4n) is 3.61. The first-order chi connectivity index (χ1) is 10.2. The third kappa shape index (κ3) is 8.38. The molecule has 2 N–H and O–H groups in total. The fraction of sp³-hybridized carbons (Fsp3) is 0.895. The van der Waals surface area contributed by atoms with Crippen molar-refractivity contribution in [1.29, 1.82) is 0 Å². The largest absolute Gasteiger partial charge is 0.481 e. The second-order valence-corrected chi connectivity index (χ2v) is 9.36. The number of rotatable bonds is 9. The zero-order valence-corrected chi connectivity index (χ0v) is 16.1. The van der Waals surface area contributed by atoms with Gasteiger partial charge in [-0.2, -0.15) is 0 Å². The van der Waals surface area contributed by atoms with Gasteiger partial charge in [-0.05, 0) is 41.9 Å². The Morgan fingerprint density at radius 2 is 1.26 bits per heavy atom. The molecule has 0 spiro atoms. The molecule has 0 heterocycles. The van der Waals surface area contributed by atoms with Crippen molar-refractivity contribution >= 4 is 11.9 Å². The number of carbonyl (C=O) groups is 2. The minimum atomic E-state index is -0.788. The molecule has 4 heteroatoms. The number of hydrogen-bond acceptors (Lipinski definition) is 2. The summed E-state index contributed by atoms with van der Waals surface area (Å²) in [6.07, 6.45) is 2.16. The van der Waals surface area contributed by atoms with Gasteiger partial charge < -0.3 is 10.2 Å². The Bertz CT molecular complexity index is 406. The van der Waals surface area contributed by atoms with E-state index in [1.54, 1.807) is 6.92 Å². The molecule has 0 fully saturated rings. The summed E-state index contributed by atoms with van der Waals surface area (Å²) in [5.74, 6) is -2.21. The molecule has 0 bridgehead atoms. The van der Waals surface area contributed by atoms with Crippen LogP contribution in [0.4, 0.5) is 0 Å². The van der Waals surface area contributed by atoms with E-state index >= 15 is 0 Å². The monoisotopic (exact) mass is 328 g/mol. The van der Waals surface area contributed by atoms with Crippen molar-refractivity contribution in [3.05, 3.63) is 0 Å². The Morgan fingerprint density at radius 3 is 1.61 bits per heavy atom. The van der Waals surface area contributed by atoms with Crippen molar-refractivity contribution in [3.63, 3.8) is 0 Å². The van der Waals surface area contributed by atoms with E-state index in [4.69, 9.17) is 5.11 Å². The SMILES string of the molecule is CC(CC(C)(C)CC(C(=O)O)C(C)CC(C)(C)C)C(C)C(=O)O. The van der Waals surface area contributed by atoms with Crippen molar-refractivity contribution < 1.29 is 19.8 Å². The maximum Gasteiger partial charge on any atom is 0.306 e. The van der Waals surface area contributed by atoms with Crippen LogP contribution in [0.5, 0.6) is 0 Å². The first-order valence-electron chi connectivity index (χ1n) is 8.62. The maximum atomic E-state index is 11.7. The molecule has 0 aliphatic rings. The molecule has 0 aromatic rings. The predicted molar refractivity (Wildman–Crippen MR) is 93.3 cm³/mol. The predicted octanol–water partition coefficient (Wildman–Crippen LogP) is 4.92. The normalized spacial score (nSPS) is 18.1. The van der Waals surface area contributed by atoms with E-state index in [0.29, 0.717) is 12.8 Å². The van der Waals surface area contributed by atoms with Crippen LogP contribution < -0.4 is 0 Å². The molecule has 4 nitrogen and oxygen atoms in total. The van der Waals surface area contributed by atoms with Crippen LogP contribution in [0.3, 0.4) is 0 Å². The minimum absolute atomic E-state index is 0.0230. The summed E-state index contributed by atoms with van der Waals surface area (Å²) in [4.78, 5) is 22.9. The third-order valence-electron chi connectivity index (χ3n) is 4.83. The van der Waals surface area contributed by atoms with Crippen LogP contribution >= 0.6 is 0 Å². The topological polar surface area (TPSA) is 74.6 Å². The van der Waals surface area contributed by atoms with Gasteiger partial charge in [0.15, 0.2) is 0 Å². The lowest BCUT2D eigenvalue weighted by Crippen LogP contribution is -2.32. The molecule has 23 heavy (non-hydrogen) atoms. The van der Waals surface area contributed by atoms with Crippen LogP contribution in [0.2, 0.25) is 0 Å². The van der Waals surface area contributed by atoms with Gasteiger partial charge >= 0.3 is 11.9 Å². The van der Waals surface area contributed by atoms with E-state index in [9.17, 15) is 14.7 Å². The van der Waals surface area contributed by atoms with E-state index in [-0.39, 0.29) is 22.7 Å². The highest BCUT2D eigenvalue weighted by molar-refractivity contribution is 5.70. The van der Waals surface area contributed by atoms with Gasteiger partial charge in [0.1, 0.15) is 0 Å². The van der Waals surface area contributed by atoms with E-state index in [0.717, 1.165) is 6.42 Å². The summed E-state index contributed by atoms with van der Waals surface area (Å²) in [6.45, 7) is 16.2. The maximum absolute atomic E-state index is 11.7. The first-order valence-corrected chi connectivity index (χ1v) is 8.62. The van der Waals surface area contributed by atoms with Crippen LogP contribution in [-0.2, 0) is 9.59 Å².